The van der Waals surface area contributed by atoms with Crippen LogP contribution in [0.25, 0.3) is 11.0 Å². The van der Waals surface area contributed by atoms with Gasteiger partial charge < -0.3 is 4.57 Å². The zero-order valence-electron chi connectivity index (χ0n) is 11.3. The molecule has 19 heavy (non-hydrogen) atoms. The van der Waals surface area contributed by atoms with E-state index in [0.29, 0.717) is 11.3 Å². The first-order valence-electron chi connectivity index (χ1n) is 6.39. The van der Waals surface area contributed by atoms with Crippen LogP contribution in [0.5, 0.6) is 0 Å². The van der Waals surface area contributed by atoms with Gasteiger partial charge in [-0.2, -0.15) is 0 Å². The van der Waals surface area contributed by atoms with Gasteiger partial charge in [0.1, 0.15) is 17.2 Å². The van der Waals surface area contributed by atoms with Crippen molar-refractivity contribution in [2.75, 3.05) is 0 Å². The maximum absolute atomic E-state index is 13.8. The highest BCUT2D eigenvalue weighted by atomic mass is 35.5. The Hall–Kier alpha value is -1.16. The van der Waals surface area contributed by atoms with Gasteiger partial charge >= 0.3 is 0 Å². The molecule has 2 aromatic rings. The second-order valence-electron chi connectivity index (χ2n) is 4.96. The topological polar surface area (TPSA) is 17.8 Å². The molecule has 0 saturated carbocycles. The molecule has 0 fully saturated rings. The minimum Gasteiger partial charge on any atom is -0.321 e. The predicted octanol–water partition coefficient (Wildman–Crippen LogP) is 4.59. The lowest BCUT2D eigenvalue weighted by atomic mass is 9.94. The van der Waals surface area contributed by atoms with Crippen molar-refractivity contribution in [3.8, 4) is 0 Å². The Morgan fingerprint density at radius 1 is 1.26 bits per heavy atom. The number of aromatic nitrogens is 2. The summed E-state index contributed by atoms with van der Waals surface area (Å²) in [4.78, 5) is 4.22. The fourth-order valence-corrected chi connectivity index (χ4v) is 2.59. The van der Waals surface area contributed by atoms with Crippen LogP contribution in [0.2, 0.25) is 0 Å². The van der Waals surface area contributed by atoms with E-state index in [0.717, 1.165) is 18.9 Å². The first-order chi connectivity index (χ1) is 8.96. The molecule has 0 bridgehead atoms. The molecule has 0 aliphatic carbocycles. The van der Waals surface area contributed by atoms with Crippen LogP contribution < -0.4 is 0 Å². The molecule has 2 nitrogen and oxygen atoms in total. The molecule has 0 spiro atoms. The normalized spacial score (nSPS) is 12.3. The first kappa shape index (κ1) is 14.3. The van der Waals surface area contributed by atoms with Crippen molar-refractivity contribution in [1.82, 2.24) is 9.55 Å². The highest BCUT2D eigenvalue weighted by Gasteiger charge is 2.28. The molecule has 0 radical (unpaired) electrons. The maximum atomic E-state index is 13.8. The summed E-state index contributed by atoms with van der Waals surface area (Å²) in [7, 11) is 0. The molecular formula is C14H17ClF2N2. The van der Waals surface area contributed by atoms with Crippen LogP contribution >= 0.6 is 11.6 Å². The number of rotatable bonds is 4. The molecule has 0 aliphatic heterocycles. The van der Waals surface area contributed by atoms with E-state index in [9.17, 15) is 8.78 Å². The largest absolute Gasteiger partial charge is 0.321 e. The van der Waals surface area contributed by atoms with Gasteiger partial charge in [0.05, 0.1) is 11.4 Å². The Bertz CT molecular complexity index is 603. The van der Waals surface area contributed by atoms with E-state index in [1.807, 2.05) is 25.3 Å². The van der Waals surface area contributed by atoms with Crippen molar-refractivity contribution in [3.05, 3.63) is 29.6 Å². The Labute approximate surface area is 116 Å². The second kappa shape index (κ2) is 5.08. The molecule has 1 heterocycles. The number of imidazole rings is 1. The smallest absolute Gasteiger partial charge is 0.153 e. The summed E-state index contributed by atoms with van der Waals surface area (Å²) in [5.74, 6) is -0.491. The third kappa shape index (κ3) is 2.22. The zero-order valence-corrected chi connectivity index (χ0v) is 12.1. The number of hydrogen-bond acceptors (Lipinski definition) is 1. The van der Waals surface area contributed by atoms with Gasteiger partial charge in [0.15, 0.2) is 5.82 Å². The fourth-order valence-electron chi connectivity index (χ4n) is 2.41. The molecular weight excluding hydrogens is 270 g/mol. The summed E-state index contributed by atoms with van der Waals surface area (Å²) in [5, 5.41) is 0. The Kier molecular flexibility index (Phi) is 3.81. The lowest BCUT2D eigenvalue weighted by molar-refractivity contribution is 0.296. The monoisotopic (exact) mass is 286 g/mol. The predicted molar refractivity (Wildman–Crippen MR) is 73.4 cm³/mol. The van der Waals surface area contributed by atoms with Crippen molar-refractivity contribution >= 4 is 22.6 Å². The van der Waals surface area contributed by atoms with E-state index in [-0.39, 0.29) is 16.9 Å². The molecule has 0 amide bonds. The van der Waals surface area contributed by atoms with Crippen molar-refractivity contribution in [2.24, 2.45) is 0 Å². The molecule has 2 rings (SSSR count). The van der Waals surface area contributed by atoms with Crippen molar-refractivity contribution < 1.29 is 8.78 Å². The molecule has 0 N–H and O–H groups in total. The van der Waals surface area contributed by atoms with E-state index in [4.69, 9.17) is 11.6 Å². The minimum atomic E-state index is -0.644. The lowest BCUT2D eigenvalue weighted by Crippen LogP contribution is -2.29. The van der Waals surface area contributed by atoms with Gasteiger partial charge in [-0.25, -0.2) is 13.8 Å². The number of benzene rings is 1. The zero-order chi connectivity index (χ0) is 14.2. The Morgan fingerprint density at radius 2 is 1.89 bits per heavy atom. The summed E-state index contributed by atoms with van der Waals surface area (Å²) >= 11 is 5.92. The van der Waals surface area contributed by atoms with Crippen LogP contribution in [-0.2, 0) is 11.4 Å². The third-order valence-corrected chi connectivity index (χ3v) is 4.17. The molecule has 0 atom stereocenters. The van der Waals surface area contributed by atoms with Gasteiger partial charge in [-0.05, 0) is 25.8 Å². The number of fused-ring (bicyclic) bond motifs is 1. The minimum absolute atomic E-state index is 0.172. The van der Waals surface area contributed by atoms with E-state index >= 15 is 0 Å². The van der Waals surface area contributed by atoms with Crippen LogP contribution in [0.3, 0.4) is 0 Å². The van der Waals surface area contributed by atoms with Gasteiger partial charge in [-0.15, -0.1) is 11.6 Å². The van der Waals surface area contributed by atoms with Crippen LogP contribution in [0.4, 0.5) is 8.78 Å². The van der Waals surface area contributed by atoms with Gasteiger partial charge in [0.25, 0.3) is 0 Å². The first-order valence-corrected chi connectivity index (χ1v) is 6.93. The molecule has 104 valence electrons. The number of halogens is 3. The number of nitrogens with zero attached hydrogens (tertiary/aromatic N) is 2. The van der Waals surface area contributed by atoms with E-state index in [1.54, 1.807) is 0 Å². The molecule has 0 saturated heterocycles. The highest BCUT2D eigenvalue weighted by molar-refractivity contribution is 6.16. The van der Waals surface area contributed by atoms with Crippen LogP contribution in [-0.4, -0.2) is 9.55 Å². The van der Waals surface area contributed by atoms with Gasteiger partial charge in [0.2, 0.25) is 0 Å². The molecule has 1 aromatic carbocycles. The van der Waals surface area contributed by atoms with Crippen LogP contribution in [0, 0.1) is 11.6 Å². The van der Waals surface area contributed by atoms with Gasteiger partial charge in [-0.3, -0.25) is 0 Å². The summed E-state index contributed by atoms with van der Waals surface area (Å²) in [6.07, 6.45) is 1.66. The SMILES string of the molecule is CCC(C)(CC)n1c(CCl)nc2c(F)cc(F)cc21. The Morgan fingerprint density at radius 3 is 2.42 bits per heavy atom. The molecule has 0 aliphatic rings. The second-order valence-corrected chi connectivity index (χ2v) is 5.22. The molecule has 5 heteroatoms. The lowest BCUT2D eigenvalue weighted by Gasteiger charge is -2.31. The standard InChI is InChI=1S/C14H17ClF2N2/c1-4-14(3,5-2)19-11-7-9(16)6-10(17)13(11)18-12(19)8-15/h6-7H,4-5,8H2,1-3H3. The summed E-state index contributed by atoms with van der Waals surface area (Å²) in [5.41, 5.74) is 0.406. The average Bonchev–Trinajstić information content (AvgIpc) is 2.77. The number of hydrogen-bond donors (Lipinski definition) is 0. The van der Waals surface area contributed by atoms with Gasteiger partial charge in [0, 0.05) is 11.6 Å². The molecule has 0 unspecified atom stereocenters. The van der Waals surface area contributed by atoms with Crippen LogP contribution in [0.15, 0.2) is 12.1 Å². The van der Waals surface area contributed by atoms with Crippen molar-refractivity contribution in [3.63, 3.8) is 0 Å². The molecule has 1 aromatic heterocycles. The summed E-state index contributed by atoms with van der Waals surface area (Å²) in [6, 6.07) is 2.18. The van der Waals surface area contributed by atoms with E-state index < -0.39 is 11.6 Å². The maximum Gasteiger partial charge on any atom is 0.153 e. The van der Waals surface area contributed by atoms with Crippen LogP contribution in [0.1, 0.15) is 39.4 Å². The highest BCUT2D eigenvalue weighted by Crippen LogP contribution is 2.32. The van der Waals surface area contributed by atoms with E-state index in [1.165, 1.54) is 6.07 Å². The number of alkyl halides is 1. The average molecular weight is 287 g/mol. The summed E-state index contributed by atoms with van der Waals surface area (Å²) in [6.45, 7) is 6.14. The van der Waals surface area contributed by atoms with Gasteiger partial charge in [-0.1, -0.05) is 13.8 Å². The quantitative estimate of drug-likeness (QED) is 0.752. The Balaban J connectivity index is 2.84. The fraction of sp³-hybridized carbons (Fsp3) is 0.500. The summed E-state index contributed by atoms with van der Waals surface area (Å²) < 4.78 is 29.2. The van der Waals surface area contributed by atoms with E-state index in [2.05, 4.69) is 4.98 Å². The third-order valence-electron chi connectivity index (χ3n) is 3.93. The van der Waals surface area contributed by atoms with Crippen molar-refractivity contribution in [2.45, 2.75) is 45.0 Å². The van der Waals surface area contributed by atoms with Crippen molar-refractivity contribution in [1.29, 1.82) is 0 Å².